The minimum atomic E-state index is -1.01. The van der Waals surface area contributed by atoms with E-state index in [0.29, 0.717) is 19.6 Å². The number of carbonyl (C=O) groups is 1. The Bertz CT molecular complexity index is 435. The number of carboxylic acid groups (broad SMARTS) is 1. The summed E-state index contributed by atoms with van der Waals surface area (Å²) in [7, 11) is 0. The molecule has 0 aromatic carbocycles. The van der Waals surface area contributed by atoms with Gasteiger partial charge in [0.15, 0.2) is 5.96 Å². The summed E-state index contributed by atoms with van der Waals surface area (Å²) in [5.74, 6) is -1.04. The van der Waals surface area contributed by atoms with Crippen LogP contribution in [0.3, 0.4) is 0 Å². The molecule has 0 aromatic heterocycles. The van der Waals surface area contributed by atoms with E-state index in [1.165, 1.54) is 51.4 Å². The number of unbranched alkanes of at least 4 members (excludes halogenated alkanes) is 9. The summed E-state index contributed by atoms with van der Waals surface area (Å²) >= 11 is 0. The molecule has 9 heteroatoms. The average molecular weight is 453 g/mol. The molecule has 0 amide bonds. The van der Waals surface area contributed by atoms with Gasteiger partial charge in [0.2, 0.25) is 0 Å². The number of aliphatic carboxylic acids is 1. The highest BCUT2D eigenvalue weighted by Crippen LogP contribution is 2.12. The largest absolute Gasteiger partial charge is 0.480 e. The van der Waals surface area contributed by atoms with Gasteiger partial charge in [-0.2, -0.15) is 0 Å². The van der Waals surface area contributed by atoms with Gasteiger partial charge in [-0.15, -0.1) is 12.4 Å². The molecule has 8 nitrogen and oxygen atoms in total. The molecule has 0 radical (unpaired) electrons. The number of carboxylic acids is 1. The Morgan fingerprint density at radius 3 is 2.03 bits per heavy atom. The molecule has 0 heterocycles. The third-order valence-corrected chi connectivity index (χ3v) is 4.81. The molecule has 7 N–H and O–H groups in total. The van der Waals surface area contributed by atoms with Crippen LogP contribution in [-0.2, 0) is 9.53 Å². The van der Waals surface area contributed by atoms with Gasteiger partial charge in [0.05, 0.1) is 12.2 Å². The Kier molecular flexibility index (Phi) is 21.9. The van der Waals surface area contributed by atoms with E-state index in [1.54, 1.807) is 6.92 Å². The highest BCUT2D eigenvalue weighted by molar-refractivity contribution is 5.85. The number of nitrogens with two attached hydrogens (primary N) is 2. The Balaban J connectivity index is 0. The lowest BCUT2D eigenvalue weighted by Crippen LogP contribution is -2.49. The number of aliphatic hydroxyl groups is 1. The highest BCUT2D eigenvalue weighted by atomic mass is 35.5. The van der Waals surface area contributed by atoms with Crippen LogP contribution in [0.15, 0.2) is 4.99 Å². The number of hydrogen-bond donors (Lipinski definition) is 5. The first-order valence-electron chi connectivity index (χ1n) is 11.2. The number of nitrogens with one attached hydrogen (secondary N) is 1. The Labute approximate surface area is 188 Å². The standard InChI is InChI=1S/C21H44N4O4.ClH/c1-3-4-5-6-7-8-9-10-11-12-15-29-18(13-14-24-21(22)23)19(20(27)28)25-16-17(2)26;/h17-19,25-26H,3-16H2,1-2H3,(H,27,28)(H4,22,23,24);1H/t17?,18?,19-;/m0./s1. The predicted molar refractivity (Wildman–Crippen MR) is 125 cm³/mol. The van der Waals surface area contributed by atoms with Crippen LogP contribution in [0.25, 0.3) is 0 Å². The minimum Gasteiger partial charge on any atom is -0.480 e. The van der Waals surface area contributed by atoms with Crippen LogP contribution in [0.1, 0.15) is 84.5 Å². The minimum absolute atomic E-state index is 0. The van der Waals surface area contributed by atoms with E-state index in [0.717, 1.165) is 12.8 Å². The fraction of sp³-hybridized carbons (Fsp3) is 0.905. The van der Waals surface area contributed by atoms with Gasteiger partial charge < -0.3 is 26.4 Å². The number of halogens is 1. The number of nitrogens with zero attached hydrogens (tertiary/aromatic N) is 1. The number of guanidine groups is 1. The van der Waals surface area contributed by atoms with E-state index in [4.69, 9.17) is 16.2 Å². The van der Waals surface area contributed by atoms with E-state index >= 15 is 0 Å². The van der Waals surface area contributed by atoms with Gasteiger partial charge in [0.1, 0.15) is 6.04 Å². The quantitative estimate of drug-likeness (QED) is 0.108. The van der Waals surface area contributed by atoms with Crippen molar-refractivity contribution < 1.29 is 19.7 Å². The van der Waals surface area contributed by atoms with Crippen molar-refractivity contribution >= 4 is 24.3 Å². The van der Waals surface area contributed by atoms with Crippen LogP contribution >= 0.6 is 12.4 Å². The van der Waals surface area contributed by atoms with E-state index in [1.807, 2.05) is 0 Å². The van der Waals surface area contributed by atoms with E-state index in [-0.39, 0.29) is 24.9 Å². The van der Waals surface area contributed by atoms with Gasteiger partial charge in [-0.1, -0.05) is 64.7 Å². The summed E-state index contributed by atoms with van der Waals surface area (Å²) in [5.41, 5.74) is 10.7. The second-order valence-electron chi connectivity index (χ2n) is 7.76. The maximum atomic E-state index is 11.6. The highest BCUT2D eigenvalue weighted by Gasteiger charge is 2.28. The zero-order valence-corrected chi connectivity index (χ0v) is 19.7. The first-order valence-corrected chi connectivity index (χ1v) is 11.2. The molecule has 0 bridgehead atoms. The van der Waals surface area contributed by atoms with Crippen LogP contribution in [-0.4, -0.2) is 60.1 Å². The average Bonchev–Trinajstić information content (AvgIpc) is 2.64. The second kappa shape index (κ2) is 21.2. The number of hydrogen-bond acceptors (Lipinski definition) is 5. The molecule has 0 rings (SSSR count). The Morgan fingerprint density at radius 1 is 1.03 bits per heavy atom. The van der Waals surface area contributed by atoms with Crippen LogP contribution in [0.2, 0.25) is 0 Å². The molecule has 180 valence electrons. The summed E-state index contributed by atoms with van der Waals surface area (Å²) < 4.78 is 5.88. The van der Waals surface area contributed by atoms with E-state index in [9.17, 15) is 15.0 Å². The van der Waals surface area contributed by atoms with Crippen LogP contribution in [0.4, 0.5) is 0 Å². The van der Waals surface area contributed by atoms with Crippen molar-refractivity contribution in [2.45, 2.75) is 103 Å². The van der Waals surface area contributed by atoms with Crippen molar-refractivity contribution in [2.75, 3.05) is 19.7 Å². The maximum Gasteiger partial charge on any atom is 0.323 e. The fourth-order valence-electron chi connectivity index (χ4n) is 3.17. The van der Waals surface area contributed by atoms with Crippen molar-refractivity contribution in [3.63, 3.8) is 0 Å². The van der Waals surface area contributed by atoms with Gasteiger partial charge in [-0.05, 0) is 19.8 Å². The lowest BCUT2D eigenvalue weighted by molar-refractivity contribution is -0.144. The molecular formula is C21H45ClN4O4. The van der Waals surface area contributed by atoms with Crippen LogP contribution < -0.4 is 16.8 Å². The lowest BCUT2D eigenvalue weighted by atomic mass is 10.1. The molecule has 0 aliphatic heterocycles. The van der Waals surface area contributed by atoms with Gasteiger partial charge in [0.25, 0.3) is 0 Å². The number of rotatable bonds is 20. The van der Waals surface area contributed by atoms with Gasteiger partial charge in [0, 0.05) is 19.7 Å². The number of ether oxygens (including phenoxy) is 1. The van der Waals surface area contributed by atoms with Crippen molar-refractivity contribution in [3.8, 4) is 0 Å². The van der Waals surface area contributed by atoms with E-state index < -0.39 is 24.2 Å². The van der Waals surface area contributed by atoms with Crippen molar-refractivity contribution in [1.29, 1.82) is 0 Å². The SMILES string of the molecule is CCCCCCCCCCCCOC(CCN=C(N)N)[C@H](NCC(C)O)C(=O)O.Cl. The molecule has 0 saturated carbocycles. The number of aliphatic imine (C=N–C) groups is 1. The molecular weight excluding hydrogens is 408 g/mol. The summed E-state index contributed by atoms with van der Waals surface area (Å²) in [6, 6.07) is -0.915. The summed E-state index contributed by atoms with van der Waals surface area (Å²) in [6.45, 7) is 4.81. The molecule has 0 aliphatic carbocycles. The van der Waals surface area contributed by atoms with Crippen LogP contribution in [0.5, 0.6) is 0 Å². The van der Waals surface area contributed by atoms with Crippen LogP contribution in [0, 0.1) is 0 Å². The van der Waals surface area contributed by atoms with Crippen molar-refractivity contribution in [1.82, 2.24) is 5.32 Å². The summed E-state index contributed by atoms with van der Waals surface area (Å²) in [4.78, 5) is 15.6. The van der Waals surface area contributed by atoms with Gasteiger partial charge >= 0.3 is 5.97 Å². The van der Waals surface area contributed by atoms with E-state index in [2.05, 4.69) is 17.2 Å². The van der Waals surface area contributed by atoms with Gasteiger partial charge in [-0.3, -0.25) is 15.1 Å². The smallest absolute Gasteiger partial charge is 0.323 e. The lowest BCUT2D eigenvalue weighted by Gasteiger charge is -2.25. The molecule has 0 spiro atoms. The zero-order chi connectivity index (χ0) is 21.9. The summed E-state index contributed by atoms with van der Waals surface area (Å²) in [6.07, 6.45) is 11.5. The monoisotopic (exact) mass is 452 g/mol. The maximum absolute atomic E-state index is 11.6. The fourth-order valence-corrected chi connectivity index (χ4v) is 3.17. The Morgan fingerprint density at radius 2 is 1.57 bits per heavy atom. The number of aliphatic hydroxyl groups excluding tert-OH is 1. The third-order valence-electron chi connectivity index (χ3n) is 4.81. The molecule has 2 unspecified atom stereocenters. The molecule has 30 heavy (non-hydrogen) atoms. The summed E-state index contributed by atoms with van der Waals surface area (Å²) in [5, 5.41) is 21.8. The molecule has 3 atom stereocenters. The first-order chi connectivity index (χ1) is 13.9. The third kappa shape index (κ3) is 18.9. The normalized spacial score (nSPS) is 13.8. The first kappa shape index (κ1) is 31.1. The zero-order valence-electron chi connectivity index (χ0n) is 18.9. The topological polar surface area (TPSA) is 143 Å². The molecule has 0 aliphatic rings. The molecule has 0 fully saturated rings. The van der Waals surface area contributed by atoms with Crippen molar-refractivity contribution in [2.24, 2.45) is 16.5 Å². The molecule has 0 saturated heterocycles. The van der Waals surface area contributed by atoms with Gasteiger partial charge in [-0.25, -0.2) is 0 Å². The Hall–Kier alpha value is -1.09. The second-order valence-corrected chi connectivity index (χ2v) is 7.76. The molecule has 0 aromatic rings. The van der Waals surface area contributed by atoms with Crippen molar-refractivity contribution in [3.05, 3.63) is 0 Å². The predicted octanol–water partition coefficient (Wildman–Crippen LogP) is 2.80.